The number of nitrogens with one attached hydrogen (secondary N) is 1. The van der Waals surface area contributed by atoms with Gasteiger partial charge in [0.1, 0.15) is 5.54 Å². The summed E-state index contributed by atoms with van der Waals surface area (Å²) in [5, 5.41) is 12.1. The second-order valence-electron chi connectivity index (χ2n) is 5.83. The fourth-order valence-electron chi connectivity index (χ4n) is 3.18. The highest BCUT2D eigenvalue weighted by Crippen LogP contribution is 2.30. The summed E-state index contributed by atoms with van der Waals surface area (Å²) in [4.78, 5) is 36.9. The number of aliphatic carboxylic acids is 1. The Kier molecular flexibility index (Phi) is 4.69. The number of esters is 1. The van der Waals surface area contributed by atoms with Gasteiger partial charge in [-0.05, 0) is 25.7 Å². The molecule has 0 bridgehead atoms. The highest BCUT2D eigenvalue weighted by molar-refractivity contribution is 5.87. The molecule has 1 heterocycles. The van der Waals surface area contributed by atoms with Gasteiger partial charge in [0.2, 0.25) is 0 Å². The molecule has 1 saturated carbocycles. The van der Waals surface area contributed by atoms with E-state index in [9.17, 15) is 19.5 Å². The van der Waals surface area contributed by atoms with Crippen LogP contribution in [0.25, 0.3) is 0 Å². The minimum Gasteiger partial charge on any atom is -0.480 e. The van der Waals surface area contributed by atoms with Crippen molar-refractivity contribution in [3.63, 3.8) is 0 Å². The van der Waals surface area contributed by atoms with Crippen molar-refractivity contribution < 1.29 is 24.2 Å². The van der Waals surface area contributed by atoms with Gasteiger partial charge in [-0.3, -0.25) is 4.79 Å². The lowest BCUT2D eigenvalue weighted by Crippen LogP contribution is -2.58. The van der Waals surface area contributed by atoms with Crippen molar-refractivity contribution in [2.45, 2.75) is 44.1 Å². The van der Waals surface area contributed by atoms with Crippen LogP contribution < -0.4 is 5.32 Å². The average Bonchev–Trinajstić information content (AvgIpc) is 2.96. The number of ether oxygens (including phenoxy) is 1. The van der Waals surface area contributed by atoms with E-state index in [0.717, 1.165) is 12.8 Å². The molecule has 0 radical (unpaired) electrons. The van der Waals surface area contributed by atoms with Crippen molar-refractivity contribution in [2.24, 2.45) is 5.92 Å². The van der Waals surface area contributed by atoms with Gasteiger partial charge in [0, 0.05) is 13.1 Å². The molecule has 118 valence electrons. The van der Waals surface area contributed by atoms with Crippen LogP contribution in [0, 0.1) is 5.92 Å². The second-order valence-corrected chi connectivity index (χ2v) is 5.83. The molecule has 7 heteroatoms. The fourth-order valence-corrected chi connectivity index (χ4v) is 3.18. The highest BCUT2D eigenvalue weighted by Gasteiger charge is 2.44. The zero-order chi connectivity index (χ0) is 15.5. The Morgan fingerprint density at radius 2 is 1.90 bits per heavy atom. The van der Waals surface area contributed by atoms with Gasteiger partial charge in [0.15, 0.2) is 0 Å². The number of urea groups is 1. The molecular weight excluding hydrogens is 276 g/mol. The topological polar surface area (TPSA) is 95.9 Å². The number of methoxy groups -OCH3 is 1. The maximum absolute atomic E-state index is 12.3. The zero-order valence-electron chi connectivity index (χ0n) is 12.3. The Balaban J connectivity index is 1.99. The van der Waals surface area contributed by atoms with Crippen molar-refractivity contribution in [2.75, 3.05) is 20.2 Å². The van der Waals surface area contributed by atoms with Gasteiger partial charge in [0.05, 0.1) is 13.0 Å². The number of piperidine rings is 1. The number of nitrogens with zero attached hydrogens (tertiary/aromatic N) is 1. The Bertz CT molecular complexity index is 431. The van der Waals surface area contributed by atoms with Crippen LogP contribution in [0.15, 0.2) is 0 Å². The van der Waals surface area contributed by atoms with Gasteiger partial charge in [-0.1, -0.05) is 12.8 Å². The number of hydrogen-bond donors (Lipinski definition) is 2. The molecule has 1 aliphatic heterocycles. The molecule has 1 saturated heterocycles. The van der Waals surface area contributed by atoms with Gasteiger partial charge in [-0.2, -0.15) is 0 Å². The van der Waals surface area contributed by atoms with Crippen molar-refractivity contribution in [3.8, 4) is 0 Å². The summed E-state index contributed by atoms with van der Waals surface area (Å²) in [6.45, 7) is 0.823. The fraction of sp³-hybridized carbons (Fsp3) is 0.786. The van der Waals surface area contributed by atoms with E-state index in [4.69, 9.17) is 4.74 Å². The highest BCUT2D eigenvalue weighted by atomic mass is 16.5. The molecule has 1 aliphatic carbocycles. The average molecular weight is 298 g/mol. The second kappa shape index (κ2) is 6.32. The van der Waals surface area contributed by atoms with E-state index >= 15 is 0 Å². The minimum atomic E-state index is -1.14. The largest absolute Gasteiger partial charge is 0.480 e. The van der Waals surface area contributed by atoms with Gasteiger partial charge in [-0.15, -0.1) is 0 Å². The smallest absolute Gasteiger partial charge is 0.329 e. The first-order chi connectivity index (χ1) is 9.98. The summed E-state index contributed by atoms with van der Waals surface area (Å²) < 4.78 is 4.72. The third kappa shape index (κ3) is 3.28. The number of carbonyl (C=O) groups excluding carboxylic acids is 2. The minimum absolute atomic E-state index is 0.286. The summed E-state index contributed by atoms with van der Waals surface area (Å²) in [6.07, 6.45) is 3.94. The van der Waals surface area contributed by atoms with E-state index in [-0.39, 0.29) is 18.4 Å². The number of carbonyl (C=O) groups is 3. The van der Waals surface area contributed by atoms with E-state index in [0.29, 0.717) is 32.2 Å². The zero-order valence-corrected chi connectivity index (χ0v) is 12.3. The van der Waals surface area contributed by atoms with E-state index in [1.54, 1.807) is 0 Å². The Morgan fingerprint density at radius 1 is 1.24 bits per heavy atom. The van der Waals surface area contributed by atoms with Crippen LogP contribution in [-0.4, -0.2) is 53.7 Å². The molecular formula is C14H22N2O5. The molecule has 2 N–H and O–H groups in total. The first-order valence-corrected chi connectivity index (χ1v) is 7.37. The van der Waals surface area contributed by atoms with Crippen LogP contribution in [-0.2, 0) is 14.3 Å². The Morgan fingerprint density at radius 3 is 2.48 bits per heavy atom. The standard InChI is InChI=1S/C14H22N2O5/c1-21-11(17)10-5-4-8-16(9-10)13(20)15-14(12(18)19)6-2-3-7-14/h10H,2-9H2,1H3,(H,15,20)(H,18,19). The summed E-state index contributed by atoms with van der Waals surface area (Å²) in [6, 6.07) is -0.395. The lowest BCUT2D eigenvalue weighted by molar-refractivity contribution is -0.147. The van der Waals surface area contributed by atoms with E-state index in [2.05, 4.69) is 5.32 Å². The lowest BCUT2D eigenvalue weighted by Gasteiger charge is -2.34. The molecule has 2 aliphatic rings. The van der Waals surface area contributed by atoms with Crippen LogP contribution >= 0.6 is 0 Å². The quantitative estimate of drug-likeness (QED) is 0.757. The summed E-state index contributed by atoms with van der Waals surface area (Å²) in [5.41, 5.74) is -1.14. The van der Waals surface area contributed by atoms with Crippen molar-refractivity contribution >= 4 is 18.0 Å². The lowest BCUT2D eigenvalue weighted by atomic mass is 9.97. The summed E-state index contributed by atoms with van der Waals surface area (Å²) in [5.74, 6) is -1.62. The Hall–Kier alpha value is -1.79. The van der Waals surface area contributed by atoms with Crippen molar-refractivity contribution in [1.29, 1.82) is 0 Å². The van der Waals surface area contributed by atoms with E-state index < -0.39 is 17.5 Å². The number of carboxylic acid groups (broad SMARTS) is 1. The molecule has 1 atom stereocenters. The molecule has 0 aromatic carbocycles. The molecule has 0 aromatic heterocycles. The van der Waals surface area contributed by atoms with Crippen LogP contribution in [0.1, 0.15) is 38.5 Å². The monoisotopic (exact) mass is 298 g/mol. The predicted octanol–water partition coefficient (Wildman–Crippen LogP) is 0.978. The summed E-state index contributed by atoms with van der Waals surface area (Å²) >= 11 is 0. The Labute approximate surface area is 123 Å². The summed E-state index contributed by atoms with van der Waals surface area (Å²) in [7, 11) is 1.33. The third-order valence-electron chi connectivity index (χ3n) is 4.46. The first kappa shape index (κ1) is 15.6. The van der Waals surface area contributed by atoms with E-state index in [1.807, 2.05) is 0 Å². The van der Waals surface area contributed by atoms with Gasteiger partial charge in [-0.25, -0.2) is 9.59 Å². The normalized spacial score (nSPS) is 24.4. The van der Waals surface area contributed by atoms with E-state index in [1.165, 1.54) is 12.0 Å². The maximum atomic E-state index is 12.3. The van der Waals surface area contributed by atoms with Crippen LogP contribution in [0.3, 0.4) is 0 Å². The van der Waals surface area contributed by atoms with Crippen LogP contribution in [0.2, 0.25) is 0 Å². The first-order valence-electron chi connectivity index (χ1n) is 7.37. The van der Waals surface area contributed by atoms with Gasteiger partial charge < -0.3 is 20.1 Å². The number of amides is 2. The molecule has 1 unspecified atom stereocenters. The molecule has 0 spiro atoms. The van der Waals surface area contributed by atoms with Crippen LogP contribution in [0.4, 0.5) is 4.79 Å². The van der Waals surface area contributed by atoms with Crippen molar-refractivity contribution in [3.05, 3.63) is 0 Å². The van der Waals surface area contributed by atoms with Gasteiger partial charge >= 0.3 is 18.0 Å². The SMILES string of the molecule is COC(=O)C1CCCN(C(=O)NC2(C(=O)O)CCCC2)C1. The number of rotatable bonds is 3. The van der Waals surface area contributed by atoms with Crippen molar-refractivity contribution in [1.82, 2.24) is 10.2 Å². The predicted molar refractivity (Wildman–Crippen MR) is 73.7 cm³/mol. The number of hydrogen-bond acceptors (Lipinski definition) is 4. The van der Waals surface area contributed by atoms with Gasteiger partial charge in [0.25, 0.3) is 0 Å². The molecule has 2 amide bonds. The molecule has 2 rings (SSSR count). The third-order valence-corrected chi connectivity index (χ3v) is 4.46. The molecule has 7 nitrogen and oxygen atoms in total. The molecule has 0 aromatic rings. The molecule has 21 heavy (non-hydrogen) atoms. The maximum Gasteiger partial charge on any atom is 0.329 e. The van der Waals surface area contributed by atoms with Crippen LogP contribution in [0.5, 0.6) is 0 Å². The number of carboxylic acids is 1. The number of likely N-dealkylation sites (tertiary alicyclic amines) is 1. The molecule has 2 fully saturated rings.